The van der Waals surface area contributed by atoms with Crippen molar-refractivity contribution in [2.24, 2.45) is 0 Å². The monoisotopic (exact) mass is 201 g/mol. The zero-order chi connectivity index (χ0) is 10.5. The van der Waals surface area contributed by atoms with E-state index in [9.17, 15) is 0 Å². The summed E-state index contributed by atoms with van der Waals surface area (Å²) in [6, 6.07) is 0. The maximum absolute atomic E-state index is 4.33. The summed E-state index contributed by atoms with van der Waals surface area (Å²) >= 11 is 0. The second-order valence-corrected chi connectivity index (χ2v) is 3.66. The lowest BCUT2D eigenvalue weighted by molar-refractivity contribution is 0.999. The average Bonchev–Trinajstić information content (AvgIpc) is 2.28. The first-order valence-electron chi connectivity index (χ1n) is 5.23. The second-order valence-electron chi connectivity index (χ2n) is 3.66. The van der Waals surface area contributed by atoms with E-state index >= 15 is 0 Å². The molecule has 0 aromatic carbocycles. The molecule has 1 aliphatic carbocycles. The molecule has 0 fully saturated rings. The van der Waals surface area contributed by atoms with Crippen LogP contribution in [-0.2, 0) is 0 Å². The molecular formula is C12H15N3. The van der Waals surface area contributed by atoms with Crippen LogP contribution in [0.1, 0.15) is 18.5 Å². The largest absolute Gasteiger partial charge is 0.365 e. The standard InChI is InChI=1S/C12H15N3/c1-10-7-13-9-12(15-10)14-8-11-5-3-2-4-6-11/h3,5-7,9H,2,4,8H2,1H3,(H,14,15). The molecule has 1 aromatic heterocycles. The normalized spacial score (nSPS) is 14.9. The molecule has 2 rings (SSSR count). The number of aromatic nitrogens is 2. The van der Waals surface area contributed by atoms with Crippen LogP contribution in [0.25, 0.3) is 0 Å². The first-order valence-corrected chi connectivity index (χ1v) is 5.23. The average molecular weight is 201 g/mol. The van der Waals surface area contributed by atoms with Gasteiger partial charge in [-0.25, -0.2) is 4.98 Å². The summed E-state index contributed by atoms with van der Waals surface area (Å²) in [5.74, 6) is 0.842. The zero-order valence-corrected chi connectivity index (χ0v) is 8.90. The Labute approximate surface area is 90.0 Å². The fourth-order valence-electron chi connectivity index (χ4n) is 1.54. The highest BCUT2D eigenvalue weighted by molar-refractivity contribution is 5.36. The van der Waals surface area contributed by atoms with Gasteiger partial charge in [0.25, 0.3) is 0 Å². The predicted molar refractivity (Wildman–Crippen MR) is 61.7 cm³/mol. The molecule has 3 heteroatoms. The van der Waals surface area contributed by atoms with Crippen molar-refractivity contribution in [2.45, 2.75) is 19.8 Å². The number of nitrogens with zero attached hydrogens (tertiary/aromatic N) is 2. The Hall–Kier alpha value is -1.64. The molecule has 0 amide bonds. The van der Waals surface area contributed by atoms with Crippen molar-refractivity contribution in [3.05, 3.63) is 41.9 Å². The van der Waals surface area contributed by atoms with E-state index in [0.717, 1.165) is 30.9 Å². The van der Waals surface area contributed by atoms with Gasteiger partial charge in [0.05, 0.1) is 11.9 Å². The van der Waals surface area contributed by atoms with Gasteiger partial charge in [0.2, 0.25) is 0 Å². The van der Waals surface area contributed by atoms with Crippen LogP contribution in [0, 0.1) is 6.92 Å². The minimum Gasteiger partial charge on any atom is -0.365 e. The summed E-state index contributed by atoms with van der Waals surface area (Å²) < 4.78 is 0. The van der Waals surface area contributed by atoms with Crippen LogP contribution < -0.4 is 5.32 Å². The highest BCUT2D eigenvalue weighted by Gasteiger charge is 1.98. The predicted octanol–water partition coefficient (Wildman–Crippen LogP) is 2.47. The summed E-state index contributed by atoms with van der Waals surface area (Å²) in [7, 11) is 0. The Bertz CT molecular complexity index is 394. The van der Waals surface area contributed by atoms with E-state index < -0.39 is 0 Å². The Balaban J connectivity index is 1.93. The van der Waals surface area contributed by atoms with Crippen LogP contribution >= 0.6 is 0 Å². The van der Waals surface area contributed by atoms with Gasteiger partial charge in [-0.05, 0) is 25.3 Å². The number of anilines is 1. The highest BCUT2D eigenvalue weighted by Crippen LogP contribution is 2.10. The van der Waals surface area contributed by atoms with Crippen molar-refractivity contribution in [1.29, 1.82) is 0 Å². The number of aryl methyl sites for hydroxylation is 1. The van der Waals surface area contributed by atoms with Crippen molar-refractivity contribution in [1.82, 2.24) is 9.97 Å². The zero-order valence-electron chi connectivity index (χ0n) is 8.90. The molecule has 3 nitrogen and oxygen atoms in total. The van der Waals surface area contributed by atoms with Gasteiger partial charge in [0, 0.05) is 12.7 Å². The Kier molecular flexibility index (Phi) is 3.12. The van der Waals surface area contributed by atoms with E-state index in [1.165, 1.54) is 5.57 Å². The fourth-order valence-corrected chi connectivity index (χ4v) is 1.54. The van der Waals surface area contributed by atoms with Gasteiger partial charge in [-0.1, -0.05) is 18.2 Å². The molecule has 1 aromatic rings. The number of hydrogen-bond donors (Lipinski definition) is 1. The topological polar surface area (TPSA) is 37.8 Å². The highest BCUT2D eigenvalue weighted by atomic mass is 15.0. The maximum atomic E-state index is 4.33. The van der Waals surface area contributed by atoms with Gasteiger partial charge in [-0.2, -0.15) is 0 Å². The second kappa shape index (κ2) is 4.73. The molecule has 0 radical (unpaired) electrons. The fraction of sp³-hybridized carbons (Fsp3) is 0.333. The molecule has 0 unspecified atom stereocenters. The Morgan fingerprint density at radius 1 is 1.33 bits per heavy atom. The molecule has 78 valence electrons. The third-order valence-corrected chi connectivity index (χ3v) is 2.30. The number of allylic oxidation sites excluding steroid dienone is 2. The van der Waals surface area contributed by atoms with Crippen molar-refractivity contribution >= 4 is 5.82 Å². The van der Waals surface area contributed by atoms with E-state index in [1.54, 1.807) is 12.4 Å². The Morgan fingerprint density at radius 3 is 3.00 bits per heavy atom. The smallest absolute Gasteiger partial charge is 0.145 e. The van der Waals surface area contributed by atoms with E-state index in [1.807, 2.05) is 6.92 Å². The quantitative estimate of drug-likeness (QED) is 0.816. The summed E-state index contributed by atoms with van der Waals surface area (Å²) in [5, 5.41) is 3.26. The maximum Gasteiger partial charge on any atom is 0.145 e. The van der Waals surface area contributed by atoms with Gasteiger partial charge in [0.15, 0.2) is 0 Å². The lowest BCUT2D eigenvalue weighted by atomic mass is 10.1. The van der Waals surface area contributed by atoms with Crippen LogP contribution in [-0.4, -0.2) is 16.5 Å². The Morgan fingerprint density at radius 2 is 2.27 bits per heavy atom. The minimum absolute atomic E-state index is 0.828. The molecule has 1 aliphatic rings. The lowest BCUT2D eigenvalue weighted by Gasteiger charge is -2.09. The van der Waals surface area contributed by atoms with E-state index in [4.69, 9.17) is 0 Å². The molecular weight excluding hydrogens is 186 g/mol. The van der Waals surface area contributed by atoms with Gasteiger partial charge >= 0.3 is 0 Å². The van der Waals surface area contributed by atoms with Gasteiger partial charge in [-0.15, -0.1) is 0 Å². The minimum atomic E-state index is 0.828. The van der Waals surface area contributed by atoms with Crippen LogP contribution in [0.15, 0.2) is 36.2 Å². The molecule has 1 N–H and O–H groups in total. The van der Waals surface area contributed by atoms with Crippen LogP contribution in [0.4, 0.5) is 5.82 Å². The molecule has 0 atom stereocenters. The van der Waals surface area contributed by atoms with Gasteiger partial charge in [-0.3, -0.25) is 4.98 Å². The summed E-state index contributed by atoms with van der Waals surface area (Å²) in [6.07, 6.45) is 12.4. The molecule has 0 saturated carbocycles. The van der Waals surface area contributed by atoms with Crippen molar-refractivity contribution < 1.29 is 0 Å². The molecule has 15 heavy (non-hydrogen) atoms. The van der Waals surface area contributed by atoms with Crippen molar-refractivity contribution in [3.8, 4) is 0 Å². The van der Waals surface area contributed by atoms with Crippen LogP contribution in [0.3, 0.4) is 0 Å². The molecule has 0 saturated heterocycles. The SMILES string of the molecule is Cc1cncc(NCC2=CCCC=C2)n1. The molecule has 0 bridgehead atoms. The van der Waals surface area contributed by atoms with Gasteiger partial charge < -0.3 is 5.32 Å². The van der Waals surface area contributed by atoms with Crippen LogP contribution in [0.2, 0.25) is 0 Å². The summed E-state index contributed by atoms with van der Waals surface area (Å²) in [4.78, 5) is 8.42. The third kappa shape index (κ3) is 2.91. The van der Waals surface area contributed by atoms with Crippen LogP contribution in [0.5, 0.6) is 0 Å². The van der Waals surface area contributed by atoms with E-state index in [-0.39, 0.29) is 0 Å². The number of nitrogens with one attached hydrogen (secondary N) is 1. The molecule has 0 aliphatic heterocycles. The molecule has 1 heterocycles. The van der Waals surface area contributed by atoms with E-state index in [2.05, 4.69) is 33.5 Å². The van der Waals surface area contributed by atoms with Crippen molar-refractivity contribution in [3.63, 3.8) is 0 Å². The summed E-state index contributed by atoms with van der Waals surface area (Å²) in [6.45, 7) is 2.77. The first kappa shape index (κ1) is 9.90. The van der Waals surface area contributed by atoms with E-state index in [0.29, 0.717) is 0 Å². The third-order valence-electron chi connectivity index (χ3n) is 2.30. The summed E-state index contributed by atoms with van der Waals surface area (Å²) in [5.41, 5.74) is 2.26. The number of hydrogen-bond acceptors (Lipinski definition) is 3. The lowest BCUT2D eigenvalue weighted by Crippen LogP contribution is -2.06. The number of rotatable bonds is 3. The first-order chi connectivity index (χ1) is 7.34. The molecule has 0 spiro atoms. The van der Waals surface area contributed by atoms with Gasteiger partial charge in [0.1, 0.15) is 5.82 Å². The van der Waals surface area contributed by atoms with Crippen molar-refractivity contribution in [2.75, 3.05) is 11.9 Å².